The number of carbonyl (C=O) groups is 1. The van der Waals surface area contributed by atoms with Crippen LogP contribution in [0.3, 0.4) is 0 Å². The second-order valence-corrected chi connectivity index (χ2v) is 6.18. The molecule has 134 valence electrons. The molecule has 0 fully saturated rings. The number of cyclic esters (lactones) is 1. The number of hydrogen-bond acceptors (Lipinski definition) is 4. The lowest BCUT2D eigenvalue weighted by atomic mass is 10.2. The Kier molecular flexibility index (Phi) is 6.20. The third-order valence-corrected chi connectivity index (χ3v) is 4.09. The summed E-state index contributed by atoms with van der Waals surface area (Å²) in [6.45, 7) is 2.93. The minimum Gasteiger partial charge on any atom is -0.494 e. The normalized spacial score (nSPS) is 15.0. The monoisotopic (exact) mass is 349 g/mol. The molecule has 0 N–H and O–H groups in total. The van der Waals surface area contributed by atoms with Crippen LogP contribution in [-0.4, -0.2) is 18.5 Å². The average molecular weight is 349 g/mol. The summed E-state index contributed by atoms with van der Waals surface area (Å²) in [5.74, 6) is 0.750. The molecule has 0 aliphatic carbocycles. The first-order valence-electron chi connectivity index (χ1n) is 9.07. The van der Waals surface area contributed by atoms with Gasteiger partial charge in [-0.3, -0.25) is 0 Å². The molecule has 0 bridgehead atoms. The van der Waals surface area contributed by atoms with E-state index < -0.39 is 5.97 Å². The van der Waals surface area contributed by atoms with Crippen molar-refractivity contribution in [1.29, 1.82) is 0 Å². The molecule has 3 rings (SSSR count). The number of esters is 1. The van der Waals surface area contributed by atoms with E-state index in [1.54, 1.807) is 6.08 Å². The molecule has 0 saturated heterocycles. The fourth-order valence-corrected chi connectivity index (χ4v) is 2.65. The van der Waals surface area contributed by atoms with Crippen LogP contribution in [0.4, 0.5) is 0 Å². The minimum atomic E-state index is -0.430. The van der Waals surface area contributed by atoms with E-state index in [4.69, 9.17) is 9.47 Å². The highest BCUT2D eigenvalue weighted by Crippen LogP contribution is 2.20. The molecule has 1 aliphatic heterocycles. The van der Waals surface area contributed by atoms with Crippen molar-refractivity contribution in [3.05, 3.63) is 71.4 Å². The standard InChI is InChI=1S/C22H23NO3/c1-2-3-4-8-15-25-19-13-11-17(12-14-19)16-20-22(24)26-21(23-20)18-9-6-5-7-10-18/h5-7,9-14,16H,2-4,8,15H2,1H3. The number of unbranched alkanes of at least 4 members (excludes halogenated alkanes) is 3. The molecule has 0 atom stereocenters. The van der Waals surface area contributed by atoms with Crippen LogP contribution in [0.5, 0.6) is 5.75 Å². The Morgan fingerprint density at radius 1 is 1.00 bits per heavy atom. The molecule has 2 aromatic carbocycles. The van der Waals surface area contributed by atoms with Crippen LogP contribution in [0.25, 0.3) is 6.08 Å². The van der Waals surface area contributed by atoms with Gasteiger partial charge in [0.25, 0.3) is 0 Å². The van der Waals surface area contributed by atoms with Crippen LogP contribution >= 0.6 is 0 Å². The van der Waals surface area contributed by atoms with Crippen molar-refractivity contribution < 1.29 is 14.3 Å². The topological polar surface area (TPSA) is 47.9 Å². The van der Waals surface area contributed by atoms with Crippen molar-refractivity contribution >= 4 is 17.9 Å². The summed E-state index contributed by atoms with van der Waals surface area (Å²) in [6, 6.07) is 17.1. The van der Waals surface area contributed by atoms with Gasteiger partial charge in [-0.1, -0.05) is 56.5 Å². The van der Waals surface area contributed by atoms with E-state index in [0.717, 1.165) is 29.9 Å². The van der Waals surface area contributed by atoms with Gasteiger partial charge < -0.3 is 9.47 Å². The van der Waals surface area contributed by atoms with Crippen molar-refractivity contribution in [2.75, 3.05) is 6.61 Å². The van der Waals surface area contributed by atoms with Gasteiger partial charge in [-0.15, -0.1) is 0 Å². The highest BCUT2D eigenvalue weighted by atomic mass is 16.6. The zero-order valence-corrected chi connectivity index (χ0v) is 15.0. The van der Waals surface area contributed by atoms with E-state index in [0.29, 0.717) is 11.6 Å². The summed E-state index contributed by atoms with van der Waals surface area (Å²) in [4.78, 5) is 16.3. The molecule has 0 spiro atoms. The van der Waals surface area contributed by atoms with Crippen LogP contribution in [0.15, 0.2) is 65.3 Å². The fraction of sp³-hybridized carbons (Fsp3) is 0.273. The quantitative estimate of drug-likeness (QED) is 0.383. The van der Waals surface area contributed by atoms with Crippen LogP contribution in [0, 0.1) is 0 Å². The van der Waals surface area contributed by atoms with Gasteiger partial charge in [-0.05, 0) is 42.3 Å². The van der Waals surface area contributed by atoms with Gasteiger partial charge in [0.15, 0.2) is 5.70 Å². The number of benzene rings is 2. The predicted molar refractivity (Wildman–Crippen MR) is 103 cm³/mol. The third kappa shape index (κ3) is 4.82. The van der Waals surface area contributed by atoms with Gasteiger partial charge in [0.05, 0.1) is 6.61 Å². The number of ether oxygens (including phenoxy) is 2. The molecule has 1 aliphatic rings. The van der Waals surface area contributed by atoms with Gasteiger partial charge >= 0.3 is 5.97 Å². The lowest BCUT2D eigenvalue weighted by Crippen LogP contribution is -2.04. The molecule has 0 unspecified atom stereocenters. The van der Waals surface area contributed by atoms with E-state index in [-0.39, 0.29) is 0 Å². The highest BCUT2D eigenvalue weighted by Gasteiger charge is 2.23. The first-order chi connectivity index (χ1) is 12.8. The molecule has 0 amide bonds. The van der Waals surface area contributed by atoms with Crippen molar-refractivity contribution in [2.45, 2.75) is 32.6 Å². The van der Waals surface area contributed by atoms with Crippen molar-refractivity contribution in [1.82, 2.24) is 0 Å². The van der Waals surface area contributed by atoms with Crippen molar-refractivity contribution in [3.63, 3.8) is 0 Å². The zero-order chi connectivity index (χ0) is 18.2. The second kappa shape index (κ2) is 8.99. The molecule has 0 saturated carbocycles. The number of aliphatic imine (C=N–C) groups is 1. The molecular weight excluding hydrogens is 326 g/mol. The Morgan fingerprint density at radius 2 is 1.77 bits per heavy atom. The van der Waals surface area contributed by atoms with E-state index in [9.17, 15) is 4.79 Å². The SMILES string of the molecule is CCCCCCOc1ccc(C=C2N=C(c3ccccc3)OC2=O)cc1. The van der Waals surface area contributed by atoms with E-state index in [2.05, 4.69) is 11.9 Å². The van der Waals surface area contributed by atoms with Gasteiger partial charge in [0, 0.05) is 5.56 Å². The molecule has 2 aromatic rings. The summed E-state index contributed by atoms with van der Waals surface area (Å²) in [5.41, 5.74) is 1.97. The summed E-state index contributed by atoms with van der Waals surface area (Å²) in [5, 5.41) is 0. The predicted octanol–water partition coefficient (Wildman–Crippen LogP) is 4.99. The Morgan fingerprint density at radius 3 is 2.50 bits per heavy atom. The fourth-order valence-electron chi connectivity index (χ4n) is 2.65. The number of carbonyl (C=O) groups excluding carboxylic acids is 1. The second-order valence-electron chi connectivity index (χ2n) is 6.18. The van der Waals surface area contributed by atoms with Crippen LogP contribution in [-0.2, 0) is 9.53 Å². The van der Waals surface area contributed by atoms with E-state index in [1.807, 2.05) is 54.6 Å². The Balaban J connectivity index is 1.62. The Labute approximate surface area is 154 Å². The number of rotatable bonds is 8. The van der Waals surface area contributed by atoms with Crippen LogP contribution in [0.2, 0.25) is 0 Å². The maximum atomic E-state index is 12.0. The van der Waals surface area contributed by atoms with Crippen molar-refractivity contribution in [3.8, 4) is 5.75 Å². The van der Waals surface area contributed by atoms with Gasteiger partial charge in [0.1, 0.15) is 5.75 Å². The molecule has 4 heteroatoms. The van der Waals surface area contributed by atoms with Crippen LogP contribution < -0.4 is 4.74 Å². The molecule has 4 nitrogen and oxygen atoms in total. The largest absolute Gasteiger partial charge is 0.494 e. The molecule has 0 aromatic heterocycles. The Hall–Kier alpha value is -2.88. The first kappa shape index (κ1) is 17.9. The van der Waals surface area contributed by atoms with Gasteiger partial charge in [-0.2, -0.15) is 0 Å². The maximum absolute atomic E-state index is 12.0. The summed E-state index contributed by atoms with van der Waals surface area (Å²) in [7, 11) is 0. The minimum absolute atomic E-state index is 0.303. The number of nitrogens with zero attached hydrogens (tertiary/aromatic N) is 1. The molecule has 0 radical (unpaired) electrons. The first-order valence-corrected chi connectivity index (χ1v) is 9.07. The molecular formula is C22H23NO3. The summed E-state index contributed by atoms with van der Waals surface area (Å²) >= 11 is 0. The van der Waals surface area contributed by atoms with Crippen LogP contribution in [0.1, 0.15) is 43.7 Å². The molecule has 26 heavy (non-hydrogen) atoms. The lowest BCUT2D eigenvalue weighted by molar-refractivity contribution is -0.129. The Bertz CT molecular complexity index is 792. The zero-order valence-electron chi connectivity index (χ0n) is 15.0. The third-order valence-electron chi connectivity index (χ3n) is 4.09. The van der Waals surface area contributed by atoms with Crippen molar-refractivity contribution in [2.24, 2.45) is 4.99 Å². The average Bonchev–Trinajstić information content (AvgIpc) is 3.04. The molecule has 1 heterocycles. The summed E-state index contributed by atoms with van der Waals surface area (Å²) in [6.07, 6.45) is 6.47. The maximum Gasteiger partial charge on any atom is 0.363 e. The van der Waals surface area contributed by atoms with Gasteiger partial charge in [0.2, 0.25) is 5.90 Å². The smallest absolute Gasteiger partial charge is 0.363 e. The van der Waals surface area contributed by atoms with Gasteiger partial charge in [-0.25, -0.2) is 9.79 Å². The highest BCUT2D eigenvalue weighted by molar-refractivity contribution is 6.12. The lowest BCUT2D eigenvalue weighted by Gasteiger charge is -2.06. The summed E-state index contributed by atoms with van der Waals surface area (Å²) < 4.78 is 11.0. The van der Waals surface area contributed by atoms with E-state index in [1.165, 1.54) is 19.3 Å². The number of hydrogen-bond donors (Lipinski definition) is 0. The van der Waals surface area contributed by atoms with E-state index >= 15 is 0 Å².